The molecule has 0 saturated carbocycles. The zero-order valence-electron chi connectivity index (χ0n) is 8.94. The molecule has 0 spiro atoms. The number of ether oxygens (including phenoxy) is 1. The summed E-state index contributed by atoms with van der Waals surface area (Å²) in [7, 11) is 0. The van der Waals surface area contributed by atoms with Crippen LogP contribution in [0.25, 0.3) is 0 Å². The van der Waals surface area contributed by atoms with Gasteiger partial charge in [0.25, 0.3) is 0 Å². The molecule has 1 heterocycles. The smallest absolute Gasteiger partial charge is 0.100 e. The molecule has 1 aromatic rings. The molecule has 2 rings (SSSR count). The van der Waals surface area contributed by atoms with Crippen LogP contribution in [0.15, 0.2) is 23.1 Å². The van der Waals surface area contributed by atoms with E-state index in [2.05, 4.69) is 13.0 Å². The van der Waals surface area contributed by atoms with Gasteiger partial charge in [-0.2, -0.15) is 5.26 Å². The van der Waals surface area contributed by atoms with E-state index in [0.717, 1.165) is 17.9 Å². The highest BCUT2D eigenvalue weighted by atomic mass is 35.5. The summed E-state index contributed by atoms with van der Waals surface area (Å²) in [5.74, 6) is 0. The number of nitrogens with zero attached hydrogens (tertiary/aromatic N) is 1. The van der Waals surface area contributed by atoms with Crippen LogP contribution < -0.4 is 0 Å². The fourth-order valence-corrected chi connectivity index (χ4v) is 3.20. The van der Waals surface area contributed by atoms with E-state index in [0.29, 0.717) is 15.8 Å². The van der Waals surface area contributed by atoms with Crippen LogP contribution in [0.3, 0.4) is 0 Å². The molecule has 16 heavy (non-hydrogen) atoms. The standard InChI is InChI=1S/C12H12ClNOS/c1-8-11(4-5-15-8)16-12-6-10(13)3-2-9(12)7-14/h2-3,6,8,11H,4-5H2,1H3. The van der Waals surface area contributed by atoms with E-state index in [1.54, 1.807) is 23.9 Å². The predicted octanol–water partition coefficient (Wildman–Crippen LogP) is 3.48. The first-order valence-corrected chi connectivity index (χ1v) is 6.44. The van der Waals surface area contributed by atoms with Crippen molar-refractivity contribution in [3.63, 3.8) is 0 Å². The molecule has 1 fully saturated rings. The number of thioether (sulfide) groups is 1. The topological polar surface area (TPSA) is 33.0 Å². The van der Waals surface area contributed by atoms with Crippen molar-refractivity contribution in [2.75, 3.05) is 6.61 Å². The first-order chi connectivity index (χ1) is 7.70. The summed E-state index contributed by atoms with van der Waals surface area (Å²) in [6, 6.07) is 7.57. The maximum absolute atomic E-state index is 9.01. The molecule has 2 unspecified atom stereocenters. The number of benzene rings is 1. The summed E-state index contributed by atoms with van der Waals surface area (Å²) >= 11 is 7.63. The SMILES string of the molecule is CC1OCCC1Sc1cc(Cl)ccc1C#N. The molecule has 0 aliphatic carbocycles. The first kappa shape index (κ1) is 11.8. The van der Waals surface area contributed by atoms with Crippen molar-refractivity contribution in [3.8, 4) is 6.07 Å². The summed E-state index contributed by atoms with van der Waals surface area (Å²) in [6.07, 6.45) is 1.28. The van der Waals surface area contributed by atoms with Crippen molar-refractivity contribution in [1.82, 2.24) is 0 Å². The van der Waals surface area contributed by atoms with Crippen LogP contribution in [0.4, 0.5) is 0 Å². The average molecular weight is 254 g/mol. The molecule has 0 radical (unpaired) electrons. The van der Waals surface area contributed by atoms with Crippen LogP contribution in [0.1, 0.15) is 18.9 Å². The first-order valence-electron chi connectivity index (χ1n) is 5.18. The highest BCUT2D eigenvalue weighted by Gasteiger charge is 2.25. The molecule has 0 amide bonds. The molecular formula is C12H12ClNOS. The van der Waals surface area contributed by atoms with Gasteiger partial charge in [-0.15, -0.1) is 11.8 Å². The molecule has 2 nitrogen and oxygen atoms in total. The van der Waals surface area contributed by atoms with E-state index in [-0.39, 0.29) is 6.10 Å². The van der Waals surface area contributed by atoms with Crippen molar-refractivity contribution >= 4 is 23.4 Å². The molecule has 0 bridgehead atoms. The molecule has 0 aromatic heterocycles. The van der Waals surface area contributed by atoms with E-state index in [1.807, 2.05) is 6.07 Å². The number of rotatable bonds is 2. The summed E-state index contributed by atoms with van der Waals surface area (Å²) < 4.78 is 5.50. The van der Waals surface area contributed by atoms with Gasteiger partial charge in [-0.1, -0.05) is 11.6 Å². The number of nitriles is 1. The second-order valence-electron chi connectivity index (χ2n) is 3.77. The van der Waals surface area contributed by atoms with Gasteiger partial charge >= 0.3 is 0 Å². The maximum Gasteiger partial charge on any atom is 0.100 e. The van der Waals surface area contributed by atoms with Crippen LogP contribution in [0.5, 0.6) is 0 Å². The van der Waals surface area contributed by atoms with Gasteiger partial charge in [0.2, 0.25) is 0 Å². The minimum Gasteiger partial charge on any atom is -0.377 e. The van der Waals surface area contributed by atoms with Gasteiger partial charge in [0.1, 0.15) is 6.07 Å². The lowest BCUT2D eigenvalue weighted by atomic mass is 10.2. The lowest BCUT2D eigenvalue weighted by Crippen LogP contribution is -2.13. The third-order valence-electron chi connectivity index (χ3n) is 2.65. The minimum atomic E-state index is 0.246. The number of hydrogen-bond donors (Lipinski definition) is 0. The van der Waals surface area contributed by atoms with E-state index in [1.165, 1.54) is 0 Å². The normalized spacial score (nSPS) is 24.3. The summed E-state index contributed by atoms with van der Waals surface area (Å²) in [5, 5.41) is 10.1. The van der Waals surface area contributed by atoms with Gasteiger partial charge in [0.15, 0.2) is 0 Å². The quantitative estimate of drug-likeness (QED) is 0.809. The van der Waals surface area contributed by atoms with Gasteiger partial charge in [0.05, 0.1) is 11.7 Å². The lowest BCUT2D eigenvalue weighted by molar-refractivity contribution is 0.127. The Morgan fingerprint density at radius 3 is 3.00 bits per heavy atom. The van der Waals surface area contributed by atoms with Crippen LogP contribution in [-0.4, -0.2) is 18.0 Å². The number of halogens is 1. The van der Waals surface area contributed by atoms with Crippen LogP contribution in [0.2, 0.25) is 5.02 Å². The summed E-state index contributed by atoms with van der Waals surface area (Å²) in [6.45, 7) is 2.88. The monoisotopic (exact) mass is 253 g/mol. The average Bonchev–Trinajstić information content (AvgIpc) is 2.65. The predicted molar refractivity (Wildman–Crippen MR) is 65.8 cm³/mol. The molecule has 0 N–H and O–H groups in total. The van der Waals surface area contributed by atoms with E-state index in [9.17, 15) is 0 Å². The van der Waals surface area contributed by atoms with Crippen molar-refractivity contribution in [1.29, 1.82) is 5.26 Å². The third kappa shape index (κ3) is 2.52. The Labute approximate surface area is 105 Å². The fourth-order valence-electron chi connectivity index (χ4n) is 1.72. The molecular weight excluding hydrogens is 242 g/mol. The Hall–Kier alpha value is -0.690. The van der Waals surface area contributed by atoms with E-state index < -0.39 is 0 Å². The summed E-state index contributed by atoms with van der Waals surface area (Å²) in [4.78, 5) is 0.956. The molecule has 2 atom stereocenters. The molecule has 1 aliphatic heterocycles. The van der Waals surface area contributed by atoms with Gasteiger partial charge in [-0.05, 0) is 31.5 Å². The van der Waals surface area contributed by atoms with Crippen molar-refractivity contribution in [2.45, 2.75) is 29.6 Å². The van der Waals surface area contributed by atoms with Crippen LogP contribution in [0, 0.1) is 11.3 Å². The second-order valence-corrected chi connectivity index (χ2v) is 5.49. The minimum absolute atomic E-state index is 0.246. The lowest BCUT2D eigenvalue weighted by Gasteiger charge is -2.14. The maximum atomic E-state index is 9.01. The van der Waals surface area contributed by atoms with Gasteiger partial charge in [0, 0.05) is 21.8 Å². The van der Waals surface area contributed by atoms with Gasteiger partial charge < -0.3 is 4.74 Å². The molecule has 1 saturated heterocycles. The Bertz CT molecular complexity index is 430. The van der Waals surface area contributed by atoms with Crippen molar-refractivity contribution in [3.05, 3.63) is 28.8 Å². The molecule has 84 valence electrons. The Morgan fingerprint density at radius 1 is 1.56 bits per heavy atom. The molecule has 4 heteroatoms. The van der Waals surface area contributed by atoms with Crippen LogP contribution in [-0.2, 0) is 4.74 Å². The molecule has 1 aliphatic rings. The molecule has 1 aromatic carbocycles. The van der Waals surface area contributed by atoms with Gasteiger partial charge in [-0.3, -0.25) is 0 Å². The Morgan fingerprint density at radius 2 is 2.38 bits per heavy atom. The van der Waals surface area contributed by atoms with E-state index in [4.69, 9.17) is 21.6 Å². The zero-order chi connectivity index (χ0) is 11.5. The van der Waals surface area contributed by atoms with Crippen molar-refractivity contribution in [2.24, 2.45) is 0 Å². The number of hydrogen-bond acceptors (Lipinski definition) is 3. The van der Waals surface area contributed by atoms with Crippen LogP contribution >= 0.6 is 23.4 Å². The Kier molecular flexibility index (Phi) is 3.75. The zero-order valence-corrected chi connectivity index (χ0v) is 10.5. The summed E-state index contributed by atoms with van der Waals surface area (Å²) in [5.41, 5.74) is 0.688. The highest BCUT2D eigenvalue weighted by Crippen LogP contribution is 2.35. The van der Waals surface area contributed by atoms with Crippen molar-refractivity contribution < 1.29 is 4.74 Å². The second kappa shape index (κ2) is 5.09. The third-order valence-corrected chi connectivity index (χ3v) is 4.40. The fraction of sp³-hybridized carbons (Fsp3) is 0.417. The van der Waals surface area contributed by atoms with E-state index >= 15 is 0 Å². The largest absolute Gasteiger partial charge is 0.377 e. The Balaban J connectivity index is 2.20. The van der Waals surface area contributed by atoms with Gasteiger partial charge in [-0.25, -0.2) is 0 Å². The highest BCUT2D eigenvalue weighted by molar-refractivity contribution is 8.00.